The van der Waals surface area contributed by atoms with Crippen LogP contribution in [-0.2, 0) is 9.53 Å². The van der Waals surface area contributed by atoms with Gasteiger partial charge in [0.05, 0.1) is 6.10 Å². The minimum atomic E-state index is -0.287. The van der Waals surface area contributed by atoms with E-state index < -0.39 is 0 Å². The van der Waals surface area contributed by atoms with E-state index in [4.69, 9.17) is 10.5 Å². The van der Waals surface area contributed by atoms with Crippen LogP contribution in [0.4, 0.5) is 0 Å². The van der Waals surface area contributed by atoms with E-state index in [1.54, 1.807) is 0 Å². The van der Waals surface area contributed by atoms with E-state index in [2.05, 4.69) is 24.1 Å². The minimum Gasteiger partial charge on any atom is -0.364 e. The second kappa shape index (κ2) is 8.85. The Morgan fingerprint density at radius 2 is 1.91 bits per heavy atom. The van der Waals surface area contributed by atoms with Crippen LogP contribution in [0.5, 0.6) is 0 Å². The lowest BCUT2D eigenvalue weighted by molar-refractivity contribution is -0.133. The number of nitrogens with one attached hydrogen (secondary N) is 1. The normalized spacial score (nSPS) is 32.4. The summed E-state index contributed by atoms with van der Waals surface area (Å²) in [7, 11) is 0. The van der Waals surface area contributed by atoms with Crippen LogP contribution in [0.25, 0.3) is 0 Å². The number of ether oxygens (including phenoxy) is 1. The molecule has 0 spiro atoms. The van der Waals surface area contributed by atoms with Gasteiger partial charge in [-0.25, -0.2) is 0 Å². The third-order valence-corrected chi connectivity index (χ3v) is 5.29. The standard InChI is InChI=1S/C17H33N3O2/c1-3-20(4-2)12-13-7-5-6-8-15(13)19-17(21)16-10-9-14(11-18)22-16/h13-16H,3-12,18H2,1-2H3,(H,19,21)/t13?,14-,15?,16+/m1/s1. The summed E-state index contributed by atoms with van der Waals surface area (Å²) < 4.78 is 5.73. The Bertz CT molecular complexity index is 347. The summed E-state index contributed by atoms with van der Waals surface area (Å²) in [6.07, 6.45) is 6.31. The van der Waals surface area contributed by atoms with Crippen LogP contribution in [0.2, 0.25) is 0 Å². The van der Waals surface area contributed by atoms with Gasteiger partial charge < -0.3 is 20.7 Å². The topological polar surface area (TPSA) is 67.6 Å². The van der Waals surface area contributed by atoms with Crippen molar-refractivity contribution in [2.45, 2.75) is 70.6 Å². The molecule has 0 bridgehead atoms. The first-order valence-corrected chi connectivity index (χ1v) is 9.06. The zero-order valence-electron chi connectivity index (χ0n) is 14.2. The zero-order chi connectivity index (χ0) is 15.9. The molecule has 5 heteroatoms. The molecule has 0 radical (unpaired) electrons. The van der Waals surface area contributed by atoms with E-state index in [0.29, 0.717) is 18.5 Å². The maximum atomic E-state index is 12.5. The molecule has 2 aliphatic rings. The van der Waals surface area contributed by atoms with Gasteiger partial charge in [0.2, 0.25) is 5.91 Å². The monoisotopic (exact) mass is 311 g/mol. The summed E-state index contributed by atoms with van der Waals surface area (Å²) in [5.74, 6) is 0.650. The summed E-state index contributed by atoms with van der Waals surface area (Å²) in [6, 6.07) is 0.308. The van der Waals surface area contributed by atoms with E-state index in [1.165, 1.54) is 19.3 Å². The number of rotatable bonds is 7. The van der Waals surface area contributed by atoms with Crippen molar-refractivity contribution in [1.82, 2.24) is 10.2 Å². The maximum absolute atomic E-state index is 12.5. The van der Waals surface area contributed by atoms with Crippen molar-refractivity contribution in [2.75, 3.05) is 26.2 Å². The van der Waals surface area contributed by atoms with Crippen LogP contribution in [-0.4, -0.2) is 55.2 Å². The number of amides is 1. The Kier molecular flexibility index (Phi) is 7.12. The van der Waals surface area contributed by atoms with Gasteiger partial charge in [-0.3, -0.25) is 4.79 Å². The molecular formula is C17H33N3O2. The minimum absolute atomic E-state index is 0.0635. The van der Waals surface area contributed by atoms with Crippen LogP contribution in [0.15, 0.2) is 0 Å². The highest BCUT2D eigenvalue weighted by atomic mass is 16.5. The number of hydrogen-bond donors (Lipinski definition) is 2. The molecule has 1 heterocycles. The van der Waals surface area contributed by atoms with Crippen molar-refractivity contribution < 1.29 is 9.53 Å². The first-order valence-electron chi connectivity index (χ1n) is 9.06. The fourth-order valence-electron chi connectivity index (χ4n) is 3.78. The molecule has 4 atom stereocenters. The predicted molar refractivity (Wildman–Crippen MR) is 88.6 cm³/mol. The molecular weight excluding hydrogens is 278 g/mol. The molecule has 2 rings (SSSR count). The summed E-state index contributed by atoms with van der Waals surface area (Å²) in [6.45, 7) is 8.18. The van der Waals surface area contributed by atoms with Crippen molar-refractivity contribution in [3.05, 3.63) is 0 Å². The smallest absolute Gasteiger partial charge is 0.249 e. The largest absolute Gasteiger partial charge is 0.364 e. The molecule has 1 saturated heterocycles. The van der Waals surface area contributed by atoms with Gasteiger partial charge in [-0.2, -0.15) is 0 Å². The fraction of sp³-hybridized carbons (Fsp3) is 0.941. The van der Waals surface area contributed by atoms with Gasteiger partial charge in [0.15, 0.2) is 0 Å². The maximum Gasteiger partial charge on any atom is 0.249 e. The molecule has 0 aromatic heterocycles. The second-order valence-electron chi connectivity index (χ2n) is 6.71. The lowest BCUT2D eigenvalue weighted by atomic mass is 9.84. The second-order valence-corrected chi connectivity index (χ2v) is 6.71. The molecule has 2 unspecified atom stereocenters. The van der Waals surface area contributed by atoms with Crippen LogP contribution < -0.4 is 11.1 Å². The third kappa shape index (κ3) is 4.67. The van der Waals surface area contributed by atoms with Gasteiger partial charge >= 0.3 is 0 Å². The predicted octanol–water partition coefficient (Wildman–Crippen LogP) is 1.51. The number of nitrogens with two attached hydrogens (primary N) is 1. The van der Waals surface area contributed by atoms with Crippen LogP contribution in [0.3, 0.4) is 0 Å². The van der Waals surface area contributed by atoms with E-state index in [0.717, 1.165) is 38.9 Å². The highest BCUT2D eigenvalue weighted by Gasteiger charge is 2.33. The molecule has 0 aromatic rings. The van der Waals surface area contributed by atoms with Gasteiger partial charge in [0.1, 0.15) is 6.10 Å². The number of hydrogen-bond acceptors (Lipinski definition) is 4. The third-order valence-electron chi connectivity index (χ3n) is 5.29. The first-order chi connectivity index (χ1) is 10.7. The molecule has 128 valence electrons. The number of carbonyl (C=O) groups is 1. The van der Waals surface area contributed by atoms with Crippen LogP contribution in [0.1, 0.15) is 52.4 Å². The quantitative estimate of drug-likeness (QED) is 0.748. The van der Waals surface area contributed by atoms with E-state index >= 15 is 0 Å². The molecule has 1 saturated carbocycles. The van der Waals surface area contributed by atoms with Crippen molar-refractivity contribution in [2.24, 2.45) is 11.7 Å². The van der Waals surface area contributed by atoms with Crippen molar-refractivity contribution in [3.8, 4) is 0 Å². The Balaban J connectivity index is 1.86. The molecule has 2 fully saturated rings. The highest BCUT2D eigenvalue weighted by Crippen LogP contribution is 2.26. The SMILES string of the molecule is CCN(CC)CC1CCCCC1NC(=O)[C@@H]1CC[C@H](CN)O1. The van der Waals surface area contributed by atoms with Gasteiger partial charge in [-0.05, 0) is 44.7 Å². The zero-order valence-corrected chi connectivity index (χ0v) is 14.2. The lowest BCUT2D eigenvalue weighted by Gasteiger charge is -2.36. The fourth-order valence-corrected chi connectivity index (χ4v) is 3.78. The van der Waals surface area contributed by atoms with Gasteiger partial charge in [-0.15, -0.1) is 0 Å². The van der Waals surface area contributed by atoms with Crippen molar-refractivity contribution in [3.63, 3.8) is 0 Å². The summed E-state index contributed by atoms with van der Waals surface area (Å²) >= 11 is 0. The Labute approximate surface area is 134 Å². The molecule has 0 aromatic carbocycles. The molecule has 1 aliphatic carbocycles. The average Bonchev–Trinajstić information content (AvgIpc) is 3.03. The summed E-state index contributed by atoms with van der Waals surface area (Å²) in [5.41, 5.74) is 5.63. The molecule has 1 aliphatic heterocycles. The average molecular weight is 311 g/mol. The molecule has 3 N–H and O–H groups in total. The number of carbonyl (C=O) groups excluding carboxylic acids is 1. The van der Waals surface area contributed by atoms with Gasteiger partial charge in [0, 0.05) is 19.1 Å². The Hall–Kier alpha value is -0.650. The molecule has 22 heavy (non-hydrogen) atoms. The number of nitrogens with zero attached hydrogens (tertiary/aromatic N) is 1. The Morgan fingerprint density at radius 1 is 1.18 bits per heavy atom. The van der Waals surface area contributed by atoms with Crippen LogP contribution in [0, 0.1) is 5.92 Å². The van der Waals surface area contributed by atoms with Gasteiger partial charge in [0.25, 0.3) is 0 Å². The lowest BCUT2D eigenvalue weighted by Crippen LogP contribution is -2.49. The summed E-state index contributed by atoms with van der Waals surface area (Å²) in [4.78, 5) is 14.9. The summed E-state index contributed by atoms with van der Waals surface area (Å²) in [5, 5.41) is 3.28. The van der Waals surface area contributed by atoms with Gasteiger partial charge in [-0.1, -0.05) is 26.7 Å². The van der Waals surface area contributed by atoms with E-state index in [9.17, 15) is 4.79 Å². The molecule has 5 nitrogen and oxygen atoms in total. The van der Waals surface area contributed by atoms with Crippen molar-refractivity contribution >= 4 is 5.91 Å². The van der Waals surface area contributed by atoms with Crippen LogP contribution >= 0.6 is 0 Å². The van der Waals surface area contributed by atoms with Crippen molar-refractivity contribution in [1.29, 1.82) is 0 Å². The Morgan fingerprint density at radius 3 is 2.55 bits per heavy atom. The molecule has 1 amide bonds. The highest BCUT2D eigenvalue weighted by molar-refractivity contribution is 5.81. The first kappa shape index (κ1) is 17.7. The van der Waals surface area contributed by atoms with E-state index in [-0.39, 0.29) is 18.1 Å². The van der Waals surface area contributed by atoms with E-state index in [1.807, 2.05) is 0 Å².